The molecule has 0 aromatic heterocycles. The fraction of sp³-hybridized carbons (Fsp3) is 0.727. The average Bonchev–Trinajstić information content (AvgIpc) is 2.22. The highest BCUT2D eigenvalue weighted by atomic mass is 16.5. The molecule has 0 saturated heterocycles. The van der Waals surface area contributed by atoms with Crippen LogP contribution in [0.2, 0.25) is 0 Å². The molecule has 0 radical (unpaired) electrons. The number of ether oxygens (including phenoxy) is 3. The van der Waals surface area contributed by atoms with Crippen LogP contribution in [0.1, 0.15) is 13.3 Å². The highest BCUT2D eigenvalue weighted by Crippen LogP contribution is 2.26. The number of carbonyl (C=O) groups excluding carboxylic acids is 1. The van der Waals surface area contributed by atoms with E-state index in [0.29, 0.717) is 25.4 Å². The van der Waals surface area contributed by atoms with E-state index in [0.717, 1.165) is 0 Å². The lowest BCUT2D eigenvalue weighted by molar-refractivity contribution is -0.120. The predicted molar refractivity (Wildman–Crippen MR) is 55.5 cm³/mol. The Morgan fingerprint density at radius 3 is 2.73 bits per heavy atom. The van der Waals surface area contributed by atoms with E-state index < -0.39 is 0 Å². The van der Waals surface area contributed by atoms with Crippen LogP contribution in [0.4, 0.5) is 0 Å². The van der Waals surface area contributed by atoms with Gasteiger partial charge in [-0.15, -0.1) is 0 Å². The minimum atomic E-state index is -0.155. The van der Waals surface area contributed by atoms with E-state index in [2.05, 4.69) is 0 Å². The molecule has 0 N–H and O–H groups in total. The number of methoxy groups -OCH3 is 2. The molecular weight excluding hydrogens is 196 g/mol. The third kappa shape index (κ3) is 3.04. The number of carbonyl (C=O) groups is 1. The summed E-state index contributed by atoms with van der Waals surface area (Å²) in [5.74, 6) is 0.738. The zero-order valence-corrected chi connectivity index (χ0v) is 9.49. The second-order valence-electron chi connectivity index (χ2n) is 3.51. The Kier molecular flexibility index (Phi) is 4.78. The predicted octanol–water partition coefficient (Wildman–Crippen LogP) is 1.16. The number of ketones is 1. The van der Waals surface area contributed by atoms with Crippen LogP contribution in [-0.2, 0) is 19.0 Å². The minimum absolute atomic E-state index is 0.0578. The summed E-state index contributed by atoms with van der Waals surface area (Å²) in [5.41, 5.74) is 0. The molecule has 0 saturated carbocycles. The van der Waals surface area contributed by atoms with Gasteiger partial charge in [0.05, 0.1) is 13.7 Å². The number of hydrogen-bond acceptors (Lipinski definition) is 4. The van der Waals surface area contributed by atoms with Crippen molar-refractivity contribution >= 4 is 5.78 Å². The third-order valence-electron chi connectivity index (χ3n) is 2.44. The molecule has 0 aliphatic heterocycles. The van der Waals surface area contributed by atoms with Gasteiger partial charge < -0.3 is 14.2 Å². The molecule has 2 unspecified atom stereocenters. The van der Waals surface area contributed by atoms with Gasteiger partial charge in [0.15, 0.2) is 5.78 Å². The zero-order chi connectivity index (χ0) is 11.3. The summed E-state index contributed by atoms with van der Waals surface area (Å²) in [6, 6.07) is 0. The normalized spacial score (nSPS) is 26.3. The van der Waals surface area contributed by atoms with Gasteiger partial charge >= 0.3 is 0 Å². The molecule has 0 amide bonds. The van der Waals surface area contributed by atoms with Gasteiger partial charge in [0.25, 0.3) is 0 Å². The molecule has 15 heavy (non-hydrogen) atoms. The van der Waals surface area contributed by atoms with E-state index in [4.69, 9.17) is 14.2 Å². The van der Waals surface area contributed by atoms with Crippen LogP contribution < -0.4 is 0 Å². The molecule has 0 fully saturated rings. The van der Waals surface area contributed by atoms with E-state index >= 15 is 0 Å². The summed E-state index contributed by atoms with van der Waals surface area (Å²) >= 11 is 0. The zero-order valence-electron chi connectivity index (χ0n) is 9.49. The quantitative estimate of drug-likeness (QED) is 0.689. The van der Waals surface area contributed by atoms with E-state index in [1.807, 2.05) is 6.92 Å². The topological polar surface area (TPSA) is 44.8 Å². The number of hydrogen-bond donors (Lipinski definition) is 0. The van der Waals surface area contributed by atoms with Gasteiger partial charge in [-0.1, -0.05) is 0 Å². The molecule has 4 nitrogen and oxygen atoms in total. The van der Waals surface area contributed by atoms with Gasteiger partial charge in [-0.3, -0.25) is 4.79 Å². The Hall–Kier alpha value is -0.870. The van der Waals surface area contributed by atoms with E-state index in [1.165, 1.54) is 6.08 Å². The molecular formula is C11H18O4. The summed E-state index contributed by atoms with van der Waals surface area (Å²) in [6.07, 6.45) is 1.83. The second kappa shape index (κ2) is 5.88. The summed E-state index contributed by atoms with van der Waals surface area (Å²) in [6.45, 7) is 3.03. The highest BCUT2D eigenvalue weighted by molar-refractivity contribution is 5.91. The Morgan fingerprint density at radius 1 is 1.47 bits per heavy atom. The van der Waals surface area contributed by atoms with Gasteiger partial charge in [-0.05, 0) is 6.92 Å². The molecule has 2 atom stereocenters. The maximum atomic E-state index is 11.4. The van der Waals surface area contributed by atoms with Gasteiger partial charge in [0.2, 0.25) is 0 Å². The smallest absolute Gasteiger partial charge is 0.159 e. The molecule has 4 heteroatoms. The molecule has 0 heterocycles. The van der Waals surface area contributed by atoms with Crippen LogP contribution in [-0.4, -0.2) is 39.3 Å². The van der Waals surface area contributed by atoms with E-state index in [-0.39, 0.29) is 17.8 Å². The largest absolute Gasteiger partial charge is 0.498 e. The van der Waals surface area contributed by atoms with Gasteiger partial charge in [-0.25, -0.2) is 0 Å². The maximum absolute atomic E-state index is 11.4. The Bertz CT molecular complexity index is 247. The van der Waals surface area contributed by atoms with Gasteiger partial charge in [0.1, 0.15) is 11.9 Å². The highest BCUT2D eigenvalue weighted by Gasteiger charge is 2.32. The first-order chi connectivity index (χ1) is 7.22. The van der Waals surface area contributed by atoms with Gasteiger partial charge in [0, 0.05) is 32.1 Å². The lowest BCUT2D eigenvalue weighted by atomic mass is 9.90. The molecule has 0 aromatic carbocycles. The maximum Gasteiger partial charge on any atom is 0.159 e. The van der Waals surface area contributed by atoms with Crippen LogP contribution in [0, 0.1) is 5.92 Å². The molecule has 0 bridgehead atoms. The standard InChI is InChI=1S/C11H18O4/c1-4-15-11-8(7-13-2)5-9(12)6-10(11)14-3/h6,8,11H,4-5,7H2,1-3H3. The Morgan fingerprint density at radius 2 is 2.20 bits per heavy atom. The summed E-state index contributed by atoms with van der Waals surface area (Å²) in [7, 11) is 3.18. The van der Waals surface area contributed by atoms with Crippen molar-refractivity contribution in [3.63, 3.8) is 0 Å². The lowest BCUT2D eigenvalue weighted by Crippen LogP contribution is -2.35. The van der Waals surface area contributed by atoms with Crippen LogP contribution in [0.5, 0.6) is 0 Å². The van der Waals surface area contributed by atoms with Crippen LogP contribution in [0.15, 0.2) is 11.8 Å². The SMILES string of the molecule is CCOC1C(OC)=CC(=O)CC1COC. The van der Waals surface area contributed by atoms with Crippen molar-refractivity contribution in [2.45, 2.75) is 19.4 Å². The molecule has 1 aliphatic rings. The summed E-state index contributed by atoms with van der Waals surface area (Å²) in [4.78, 5) is 11.4. The Balaban J connectivity index is 2.79. The second-order valence-corrected chi connectivity index (χ2v) is 3.51. The first kappa shape index (κ1) is 12.2. The number of rotatable bonds is 5. The van der Waals surface area contributed by atoms with Gasteiger partial charge in [-0.2, -0.15) is 0 Å². The first-order valence-electron chi connectivity index (χ1n) is 5.11. The average molecular weight is 214 g/mol. The third-order valence-corrected chi connectivity index (χ3v) is 2.44. The molecule has 1 aliphatic carbocycles. The monoisotopic (exact) mass is 214 g/mol. The minimum Gasteiger partial charge on any atom is -0.498 e. The molecule has 0 spiro atoms. The molecule has 0 aromatic rings. The van der Waals surface area contributed by atoms with Crippen molar-refractivity contribution in [2.24, 2.45) is 5.92 Å². The van der Waals surface area contributed by atoms with Crippen molar-refractivity contribution in [1.29, 1.82) is 0 Å². The van der Waals surface area contributed by atoms with E-state index in [9.17, 15) is 4.79 Å². The van der Waals surface area contributed by atoms with Crippen molar-refractivity contribution < 1.29 is 19.0 Å². The van der Waals surface area contributed by atoms with Crippen molar-refractivity contribution in [1.82, 2.24) is 0 Å². The summed E-state index contributed by atoms with van der Waals surface area (Å²) in [5, 5.41) is 0. The van der Waals surface area contributed by atoms with Crippen molar-refractivity contribution in [3.05, 3.63) is 11.8 Å². The summed E-state index contributed by atoms with van der Waals surface area (Å²) < 4.78 is 15.8. The van der Waals surface area contributed by atoms with Crippen LogP contribution >= 0.6 is 0 Å². The van der Waals surface area contributed by atoms with Crippen molar-refractivity contribution in [2.75, 3.05) is 27.4 Å². The Labute approximate surface area is 90.2 Å². The fourth-order valence-corrected chi connectivity index (χ4v) is 1.83. The lowest BCUT2D eigenvalue weighted by Gasteiger charge is -2.30. The molecule has 86 valence electrons. The van der Waals surface area contributed by atoms with Crippen molar-refractivity contribution in [3.8, 4) is 0 Å². The first-order valence-corrected chi connectivity index (χ1v) is 5.11. The fourth-order valence-electron chi connectivity index (χ4n) is 1.83. The van der Waals surface area contributed by atoms with E-state index in [1.54, 1.807) is 14.2 Å². The van der Waals surface area contributed by atoms with Crippen LogP contribution in [0.3, 0.4) is 0 Å². The van der Waals surface area contributed by atoms with Crippen LogP contribution in [0.25, 0.3) is 0 Å². The molecule has 1 rings (SSSR count). The number of allylic oxidation sites excluding steroid dienone is 1.